The van der Waals surface area contributed by atoms with Crippen molar-refractivity contribution in [3.8, 4) is 5.75 Å². The van der Waals surface area contributed by atoms with Gasteiger partial charge < -0.3 is 10.2 Å². The second kappa shape index (κ2) is 4.70. The zero-order valence-electron chi connectivity index (χ0n) is 8.98. The third kappa shape index (κ3) is 2.34. The molecule has 2 aromatic rings. The quantitative estimate of drug-likeness (QED) is 0.856. The van der Waals surface area contributed by atoms with Gasteiger partial charge in [-0.25, -0.2) is 4.39 Å². The van der Waals surface area contributed by atoms with Crippen molar-refractivity contribution in [2.24, 2.45) is 0 Å². The normalized spacial score (nSPS) is 10.1. The van der Waals surface area contributed by atoms with Crippen molar-refractivity contribution >= 4 is 0 Å². The van der Waals surface area contributed by atoms with Gasteiger partial charge in [-0.3, -0.25) is 4.68 Å². The van der Waals surface area contributed by atoms with Crippen molar-refractivity contribution in [3.05, 3.63) is 54.1 Å². The minimum Gasteiger partial charge on any atom is -0.497 e. The SMILES string of the molecule is COc1ccc(CNn2cccc2)c(F)c1. The summed E-state index contributed by atoms with van der Waals surface area (Å²) in [4.78, 5) is 0. The standard InChI is InChI=1S/C12H13FN2O/c1-16-11-5-4-10(12(13)8-11)9-14-15-6-2-3-7-15/h2-8,14H,9H2,1H3. The fraction of sp³-hybridized carbons (Fsp3) is 0.167. The Morgan fingerprint density at radius 3 is 2.69 bits per heavy atom. The molecule has 0 fully saturated rings. The van der Waals surface area contributed by atoms with Crippen LogP contribution in [0.4, 0.5) is 4.39 Å². The van der Waals surface area contributed by atoms with E-state index in [9.17, 15) is 4.39 Å². The van der Waals surface area contributed by atoms with E-state index >= 15 is 0 Å². The van der Waals surface area contributed by atoms with Crippen LogP contribution >= 0.6 is 0 Å². The molecule has 0 aliphatic carbocycles. The molecule has 0 unspecified atom stereocenters. The van der Waals surface area contributed by atoms with Crippen molar-refractivity contribution in [1.29, 1.82) is 0 Å². The maximum absolute atomic E-state index is 13.5. The number of benzene rings is 1. The number of hydrogen-bond donors (Lipinski definition) is 1. The lowest BCUT2D eigenvalue weighted by molar-refractivity contribution is 0.410. The molecular weight excluding hydrogens is 207 g/mol. The highest BCUT2D eigenvalue weighted by molar-refractivity contribution is 5.29. The number of halogens is 1. The van der Waals surface area contributed by atoms with E-state index in [0.29, 0.717) is 17.9 Å². The Hall–Kier alpha value is -1.97. The summed E-state index contributed by atoms with van der Waals surface area (Å²) < 4.78 is 20.3. The second-order valence-corrected chi connectivity index (χ2v) is 3.38. The van der Waals surface area contributed by atoms with Crippen LogP contribution in [0.25, 0.3) is 0 Å². The number of nitrogens with one attached hydrogen (secondary N) is 1. The first-order valence-electron chi connectivity index (χ1n) is 4.99. The molecule has 0 saturated carbocycles. The van der Waals surface area contributed by atoms with Crippen LogP contribution in [0, 0.1) is 5.82 Å². The van der Waals surface area contributed by atoms with Crippen LogP contribution in [0.3, 0.4) is 0 Å². The molecule has 1 heterocycles. The molecule has 1 aromatic carbocycles. The first-order chi connectivity index (χ1) is 7.79. The number of methoxy groups -OCH3 is 1. The minimum atomic E-state index is -0.265. The lowest BCUT2D eigenvalue weighted by atomic mass is 10.2. The van der Waals surface area contributed by atoms with E-state index in [0.717, 1.165) is 0 Å². The lowest BCUT2D eigenvalue weighted by Gasteiger charge is -2.09. The highest BCUT2D eigenvalue weighted by Gasteiger charge is 2.03. The van der Waals surface area contributed by atoms with Gasteiger partial charge in [0.05, 0.1) is 13.7 Å². The van der Waals surface area contributed by atoms with Crippen LogP contribution in [0.1, 0.15) is 5.56 Å². The molecule has 0 radical (unpaired) electrons. The highest BCUT2D eigenvalue weighted by atomic mass is 19.1. The van der Waals surface area contributed by atoms with Gasteiger partial charge in [0, 0.05) is 24.0 Å². The molecule has 0 bridgehead atoms. The number of nitrogens with zero attached hydrogens (tertiary/aromatic N) is 1. The smallest absolute Gasteiger partial charge is 0.131 e. The molecule has 1 aromatic heterocycles. The minimum absolute atomic E-state index is 0.265. The van der Waals surface area contributed by atoms with E-state index in [1.807, 2.05) is 24.5 Å². The fourth-order valence-electron chi connectivity index (χ4n) is 1.41. The maximum Gasteiger partial charge on any atom is 0.131 e. The van der Waals surface area contributed by atoms with Crippen LogP contribution < -0.4 is 10.2 Å². The first-order valence-corrected chi connectivity index (χ1v) is 4.99. The fourth-order valence-corrected chi connectivity index (χ4v) is 1.41. The van der Waals surface area contributed by atoms with Gasteiger partial charge in [0.15, 0.2) is 0 Å². The average molecular weight is 220 g/mol. The molecule has 0 amide bonds. The molecule has 0 atom stereocenters. The van der Waals surface area contributed by atoms with Gasteiger partial charge in [-0.15, -0.1) is 0 Å². The summed E-state index contributed by atoms with van der Waals surface area (Å²) in [6.45, 7) is 0.435. The van der Waals surface area contributed by atoms with Gasteiger partial charge in [0.1, 0.15) is 11.6 Å². The lowest BCUT2D eigenvalue weighted by Crippen LogP contribution is -2.12. The van der Waals surface area contributed by atoms with Crippen LogP contribution in [0.2, 0.25) is 0 Å². The summed E-state index contributed by atoms with van der Waals surface area (Å²) in [5.74, 6) is 0.265. The summed E-state index contributed by atoms with van der Waals surface area (Å²) >= 11 is 0. The van der Waals surface area contributed by atoms with Gasteiger partial charge in [0.25, 0.3) is 0 Å². The Kier molecular flexibility index (Phi) is 3.10. The molecular formula is C12H13FN2O. The van der Waals surface area contributed by atoms with E-state index in [1.165, 1.54) is 13.2 Å². The van der Waals surface area contributed by atoms with Gasteiger partial charge in [-0.2, -0.15) is 0 Å². The van der Waals surface area contributed by atoms with E-state index in [-0.39, 0.29) is 5.82 Å². The van der Waals surface area contributed by atoms with Crippen molar-refractivity contribution < 1.29 is 9.13 Å². The van der Waals surface area contributed by atoms with Crippen LogP contribution in [0.5, 0.6) is 5.75 Å². The van der Waals surface area contributed by atoms with Crippen LogP contribution in [-0.4, -0.2) is 11.8 Å². The predicted octanol–water partition coefficient (Wildman–Crippen LogP) is 2.38. The van der Waals surface area contributed by atoms with E-state index in [4.69, 9.17) is 4.74 Å². The maximum atomic E-state index is 13.5. The molecule has 4 heteroatoms. The van der Waals surface area contributed by atoms with Gasteiger partial charge in [-0.1, -0.05) is 6.07 Å². The number of rotatable bonds is 4. The average Bonchev–Trinajstić information content (AvgIpc) is 2.80. The molecule has 0 aliphatic rings. The Morgan fingerprint density at radius 2 is 2.06 bits per heavy atom. The third-order valence-corrected chi connectivity index (χ3v) is 2.32. The Morgan fingerprint density at radius 1 is 1.31 bits per heavy atom. The van der Waals surface area contributed by atoms with Crippen molar-refractivity contribution in [2.75, 3.05) is 12.5 Å². The summed E-state index contributed by atoms with van der Waals surface area (Å²) in [7, 11) is 1.52. The van der Waals surface area contributed by atoms with Gasteiger partial charge in [-0.05, 0) is 18.2 Å². The summed E-state index contributed by atoms with van der Waals surface area (Å²) in [5.41, 5.74) is 3.66. The van der Waals surface area contributed by atoms with E-state index in [2.05, 4.69) is 5.43 Å². The Bertz CT molecular complexity index is 454. The third-order valence-electron chi connectivity index (χ3n) is 2.32. The molecule has 1 N–H and O–H groups in total. The van der Waals surface area contributed by atoms with E-state index < -0.39 is 0 Å². The summed E-state index contributed by atoms with van der Waals surface area (Å²) in [6, 6.07) is 8.64. The molecule has 0 spiro atoms. The predicted molar refractivity (Wildman–Crippen MR) is 60.4 cm³/mol. The number of aromatic nitrogens is 1. The zero-order valence-corrected chi connectivity index (χ0v) is 8.98. The van der Waals surface area contributed by atoms with Crippen molar-refractivity contribution in [3.63, 3.8) is 0 Å². The molecule has 2 rings (SSSR count). The summed E-state index contributed by atoms with van der Waals surface area (Å²) in [6.07, 6.45) is 3.73. The molecule has 0 aliphatic heterocycles. The van der Waals surface area contributed by atoms with Gasteiger partial charge >= 0.3 is 0 Å². The topological polar surface area (TPSA) is 26.2 Å². The van der Waals surface area contributed by atoms with E-state index in [1.54, 1.807) is 16.8 Å². The van der Waals surface area contributed by atoms with Crippen molar-refractivity contribution in [1.82, 2.24) is 4.68 Å². The van der Waals surface area contributed by atoms with Gasteiger partial charge in [0.2, 0.25) is 0 Å². The zero-order chi connectivity index (χ0) is 11.4. The molecule has 84 valence electrons. The molecule has 16 heavy (non-hydrogen) atoms. The highest BCUT2D eigenvalue weighted by Crippen LogP contribution is 2.16. The largest absolute Gasteiger partial charge is 0.497 e. The van der Waals surface area contributed by atoms with Crippen molar-refractivity contribution in [2.45, 2.75) is 6.54 Å². The molecule has 0 saturated heterocycles. The monoisotopic (exact) mass is 220 g/mol. The Balaban J connectivity index is 2.04. The van der Waals surface area contributed by atoms with Crippen LogP contribution in [-0.2, 0) is 6.54 Å². The first kappa shape index (κ1) is 10.5. The number of hydrogen-bond acceptors (Lipinski definition) is 2. The van der Waals surface area contributed by atoms with Crippen LogP contribution in [0.15, 0.2) is 42.7 Å². The molecule has 3 nitrogen and oxygen atoms in total. The summed E-state index contributed by atoms with van der Waals surface area (Å²) in [5, 5.41) is 0. The Labute approximate surface area is 93.4 Å². The number of ether oxygens (including phenoxy) is 1. The second-order valence-electron chi connectivity index (χ2n) is 3.38.